The minimum absolute atomic E-state index is 0. The summed E-state index contributed by atoms with van der Waals surface area (Å²) in [5.74, 6) is -0.290. The van der Waals surface area contributed by atoms with Gasteiger partial charge in [-0.05, 0) is 55.4 Å². The van der Waals surface area contributed by atoms with Crippen LogP contribution in [0, 0.1) is 6.07 Å². The van der Waals surface area contributed by atoms with E-state index < -0.39 is 12.2 Å². The molecule has 2 aromatic heterocycles. The van der Waals surface area contributed by atoms with Crippen LogP contribution in [0.25, 0.3) is 38.8 Å². The SMILES string of the molecule is CC(O)C(c1ccc(-n2c3ccccc3c3ccccc32)cc1)C(C)O.[Pt].[c-]1ccccc1-c1ccccn1. The second kappa shape index (κ2) is 13.0. The van der Waals surface area contributed by atoms with Crippen molar-refractivity contribution in [1.29, 1.82) is 0 Å². The molecule has 4 aromatic carbocycles. The molecule has 39 heavy (non-hydrogen) atoms. The van der Waals surface area contributed by atoms with Crippen molar-refractivity contribution in [3.8, 4) is 16.9 Å². The van der Waals surface area contributed by atoms with Crippen LogP contribution in [0.2, 0.25) is 0 Å². The van der Waals surface area contributed by atoms with Crippen molar-refractivity contribution in [3.05, 3.63) is 133 Å². The molecule has 2 heterocycles. The average Bonchev–Trinajstić information content (AvgIpc) is 3.29. The predicted octanol–water partition coefficient (Wildman–Crippen LogP) is 7.18. The van der Waals surface area contributed by atoms with E-state index in [9.17, 15) is 10.2 Å². The molecule has 6 aromatic rings. The van der Waals surface area contributed by atoms with Crippen LogP contribution in [-0.2, 0) is 21.1 Å². The van der Waals surface area contributed by atoms with Gasteiger partial charge in [0.2, 0.25) is 0 Å². The van der Waals surface area contributed by atoms with Crippen molar-refractivity contribution >= 4 is 21.8 Å². The third-order valence-electron chi connectivity index (χ3n) is 6.81. The number of para-hydroxylation sites is 2. The Morgan fingerprint density at radius 2 is 1.23 bits per heavy atom. The van der Waals surface area contributed by atoms with Crippen LogP contribution in [0.5, 0.6) is 0 Å². The Balaban J connectivity index is 0.000000228. The van der Waals surface area contributed by atoms with Gasteiger partial charge in [-0.2, -0.15) is 0 Å². The Morgan fingerprint density at radius 3 is 1.74 bits per heavy atom. The van der Waals surface area contributed by atoms with Crippen LogP contribution in [0.3, 0.4) is 0 Å². The van der Waals surface area contributed by atoms with E-state index in [1.807, 2.05) is 54.6 Å². The molecule has 0 aliphatic rings. The first-order valence-electron chi connectivity index (χ1n) is 12.9. The Bertz CT molecular complexity index is 1510. The molecule has 4 nitrogen and oxygen atoms in total. The summed E-state index contributed by atoms with van der Waals surface area (Å²) >= 11 is 0. The molecule has 0 radical (unpaired) electrons. The number of rotatable bonds is 5. The third kappa shape index (κ3) is 6.20. The van der Waals surface area contributed by atoms with Crippen molar-refractivity contribution < 1.29 is 31.3 Å². The van der Waals surface area contributed by atoms with Crippen LogP contribution in [-0.4, -0.2) is 32.0 Å². The first-order chi connectivity index (χ1) is 18.5. The van der Waals surface area contributed by atoms with Crippen LogP contribution < -0.4 is 0 Å². The van der Waals surface area contributed by atoms with E-state index in [0.717, 1.165) is 22.5 Å². The molecule has 2 unspecified atom stereocenters. The van der Waals surface area contributed by atoms with Gasteiger partial charge in [0.25, 0.3) is 0 Å². The summed E-state index contributed by atoms with van der Waals surface area (Å²) in [5, 5.41) is 22.5. The molecule has 6 rings (SSSR count). The largest absolute Gasteiger partial charge is 0.393 e. The third-order valence-corrected chi connectivity index (χ3v) is 6.81. The molecule has 0 saturated carbocycles. The molecule has 0 saturated heterocycles. The van der Waals surface area contributed by atoms with E-state index in [2.05, 4.69) is 76.3 Å². The van der Waals surface area contributed by atoms with Gasteiger partial charge in [-0.25, -0.2) is 0 Å². The first-order valence-corrected chi connectivity index (χ1v) is 12.9. The van der Waals surface area contributed by atoms with Crippen LogP contribution in [0.15, 0.2) is 121 Å². The number of aromatic nitrogens is 2. The molecule has 0 fully saturated rings. The summed E-state index contributed by atoms with van der Waals surface area (Å²) in [4.78, 5) is 4.22. The Kier molecular flexibility index (Phi) is 9.48. The normalized spacial score (nSPS) is 13.1. The van der Waals surface area contributed by atoms with E-state index in [1.165, 1.54) is 21.8 Å². The molecular weight excluding hydrogens is 663 g/mol. The zero-order chi connectivity index (χ0) is 26.5. The summed E-state index contributed by atoms with van der Waals surface area (Å²) in [5.41, 5.74) is 6.37. The molecular formula is C34H31N2O2Pt-. The maximum absolute atomic E-state index is 10.0. The van der Waals surface area contributed by atoms with Gasteiger partial charge in [-0.3, -0.25) is 0 Å². The minimum Gasteiger partial charge on any atom is -0.393 e. The van der Waals surface area contributed by atoms with Gasteiger partial charge in [0.05, 0.1) is 23.2 Å². The smallest absolute Gasteiger partial charge is 0.0605 e. The molecule has 2 N–H and O–H groups in total. The summed E-state index contributed by atoms with van der Waals surface area (Å²) in [7, 11) is 0. The van der Waals surface area contributed by atoms with E-state index >= 15 is 0 Å². The summed E-state index contributed by atoms with van der Waals surface area (Å²) in [6.45, 7) is 3.44. The average molecular weight is 695 g/mol. The molecule has 0 spiro atoms. The van der Waals surface area contributed by atoms with E-state index in [-0.39, 0.29) is 27.0 Å². The number of aliphatic hydroxyl groups is 2. The van der Waals surface area contributed by atoms with Crippen LogP contribution >= 0.6 is 0 Å². The number of hydrogen-bond acceptors (Lipinski definition) is 3. The van der Waals surface area contributed by atoms with Crippen molar-refractivity contribution in [2.45, 2.75) is 32.0 Å². The maximum atomic E-state index is 10.0. The van der Waals surface area contributed by atoms with Gasteiger partial charge >= 0.3 is 0 Å². The topological polar surface area (TPSA) is 58.3 Å². The van der Waals surface area contributed by atoms with Crippen LogP contribution in [0.4, 0.5) is 0 Å². The number of pyridine rings is 1. The molecule has 5 heteroatoms. The van der Waals surface area contributed by atoms with Crippen molar-refractivity contribution in [2.75, 3.05) is 0 Å². The fourth-order valence-corrected chi connectivity index (χ4v) is 5.08. The van der Waals surface area contributed by atoms with E-state index in [0.29, 0.717) is 0 Å². The number of hydrogen-bond donors (Lipinski definition) is 2. The van der Waals surface area contributed by atoms with Gasteiger partial charge in [-0.15, -0.1) is 35.9 Å². The fraction of sp³-hybridized carbons (Fsp3) is 0.147. The van der Waals surface area contributed by atoms with Crippen molar-refractivity contribution in [3.63, 3.8) is 0 Å². The number of fused-ring (bicyclic) bond motifs is 3. The molecule has 2 atom stereocenters. The molecule has 0 aliphatic carbocycles. The van der Waals surface area contributed by atoms with Gasteiger partial charge in [0.15, 0.2) is 0 Å². The second-order valence-corrected chi connectivity index (χ2v) is 9.46. The zero-order valence-electron chi connectivity index (χ0n) is 21.9. The minimum atomic E-state index is -0.603. The van der Waals surface area contributed by atoms with Gasteiger partial charge in [0.1, 0.15) is 0 Å². The van der Waals surface area contributed by atoms with Crippen molar-refractivity contribution in [1.82, 2.24) is 9.55 Å². The quantitative estimate of drug-likeness (QED) is 0.188. The molecule has 0 aliphatic heterocycles. The number of benzene rings is 4. The zero-order valence-corrected chi connectivity index (χ0v) is 24.2. The Labute approximate surface area is 243 Å². The van der Waals surface area contributed by atoms with Crippen molar-refractivity contribution in [2.24, 2.45) is 0 Å². The van der Waals surface area contributed by atoms with E-state index in [1.54, 1.807) is 20.0 Å². The summed E-state index contributed by atoms with van der Waals surface area (Å²) in [6.07, 6.45) is 0.582. The molecule has 0 bridgehead atoms. The van der Waals surface area contributed by atoms with Gasteiger partial charge in [-0.1, -0.05) is 60.7 Å². The van der Waals surface area contributed by atoms with E-state index in [4.69, 9.17) is 0 Å². The summed E-state index contributed by atoms with van der Waals surface area (Å²) < 4.78 is 2.26. The fourth-order valence-electron chi connectivity index (χ4n) is 5.08. The Morgan fingerprint density at radius 1 is 0.667 bits per heavy atom. The summed E-state index contributed by atoms with van der Waals surface area (Å²) in [6, 6.07) is 41.8. The molecule has 0 amide bonds. The Hall–Kier alpha value is -3.56. The first kappa shape index (κ1) is 28.4. The van der Waals surface area contributed by atoms with Crippen LogP contribution in [0.1, 0.15) is 25.3 Å². The maximum Gasteiger partial charge on any atom is 0.0605 e. The predicted molar refractivity (Wildman–Crippen MR) is 155 cm³/mol. The van der Waals surface area contributed by atoms with Gasteiger partial charge < -0.3 is 19.8 Å². The second-order valence-electron chi connectivity index (χ2n) is 9.46. The molecule has 200 valence electrons. The number of nitrogens with zero attached hydrogens (tertiary/aromatic N) is 2. The standard InChI is InChI=1S/C23H23NO2.C11H8N.Pt/c1-15(25)23(16(2)26)17-11-13-18(14-12-17)24-21-9-5-3-7-19(21)20-8-4-6-10-22(20)24;1-2-6-10(7-3-1)11-8-4-5-9-12-11;/h3-16,23,25-26H,1-2H3;1-6,8-9H;/q;-1;. The monoisotopic (exact) mass is 694 g/mol. The van der Waals surface area contributed by atoms with Gasteiger partial charge in [0, 0.05) is 49.6 Å². The number of aliphatic hydroxyl groups excluding tert-OH is 2.